The number of benzene rings is 1. The highest BCUT2D eigenvalue weighted by Gasteiger charge is 2.03. The largest absolute Gasteiger partial charge is 0.303 e. The van der Waals surface area contributed by atoms with E-state index in [1.807, 2.05) is 30.3 Å². The third-order valence-electron chi connectivity index (χ3n) is 3.33. The summed E-state index contributed by atoms with van der Waals surface area (Å²) in [5.41, 5.74) is 2.00. The van der Waals surface area contributed by atoms with Gasteiger partial charge in [0.1, 0.15) is 5.03 Å². The summed E-state index contributed by atoms with van der Waals surface area (Å²) in [5.74, 6) is 1.05. The van der Waals surface area contributed by atoms with E-state index >= 15 is 0 Å². The summed E-state index contributed by atoms with van der Waals surface area (Å²) in [4.78, 5) is 2.41. The molecule has 2 aromatic rings. The van der Waals surface area contributed by atoms with Crippen molar-refractivity contribution in [3.63, 3.8) is 0 Å². The lowest BCUT2D eigenvalue weighted by molar-refractivity contribution is 0.324. The van der Waals surface area contributed by atoms with E-state index in [1.54, 1.807) is 11.8 Å². The Hall–Kier alpha value is -0.910. The zero-order valence-electron chi connectivity index (χ0n) is 12.4. The van der Waals surface area contributed by atoms with Crippen LogP contribution in [0.3, 0.4) is 0 Å². The molecule has 0 atom stereocenters. The molecule has 0 aliphatic rings. The van der Waals surface area contributed by atoms with Crippen molar-refractivity contribution in [2.45, 2.75) is 18.9 Å². The van der Waals surface area contributed by atoms with Gasteiger partial charge in [-0.25, -0.2) is 0 Å². The maximum atomic E-state index is 4.32. The smallest absolute Gasteiger partial charge is 0.119 e. The second-order valence-corrected chi connectivity index (χ2v) is 6.67. The maximum absolute atomic E-state index is 4.32. The average molecular weight is 366 g/mol. The summed E-state index contributed by atoms with van der Waals surface area (Å²) >= 11 is 5.20. The Morgan fingerprint density at radius 1 is 1.00 bits per heavy atom. The Morgan fingerprint density at radius 2 is 1.71 bits per heavy atom. The third kappa shape index (κ3) is 5.09. The van der Waals surface area contributed by atoms with E-state index in [9.17, 15) is 0 Å². The standard InChI is InChI=1S/C16H20BrN3S/c1-3-20(4-2)11-12-21-16-10-9-15(18-19-16)13-5-7-14(17)8-6-13/h5-10H,3-4,11-12H2,1-2H3. The molecule has 21 heavy (non-hydrogen) atoms. The third-order valence-corrected chi connectivity index (χ3v) is 4.76. The summed E-state index contributed by atoms with van der Waals surface area (Å²) in [5, 5.41) is 9.61. The molecule has 0 N–H and O–H groups in total. The molecule has 0 fully saturated rings. The van der Waals surface area contributed by atoms with E-state index in [1.165, 1.54) is 0 Å². The Balaban J connectivity index is 1.91. The van der Waals surface area contributed by atoms with Crippen LogP contribution in [0.25, 0.3) is 11.3 Å². The van der Waals surface area contributed by atoms with E-state index in [0.717, 1.165) is 46.1 Å². The maximum Gasteiger partial charge on any atom is 0.119 e. The number of hydrogen-bond donors (Lipinski definition) is 0. The number of thioether (sulfide) groups is 1. The molecule has 0 bridgehead atoms. The molecule has 112 valence electrons. The summed E-state index contributed by atoms with van der Waals surface area (Å²) < 4.78 is 1.07. The van der Waals surface area contributed by atoms with Crippen LogP contribution in [-0.4, -0.2) is 40.5 Å². The van der Waals surface area contributed by atoms with Crippen molar-refractivity contribution in [2.75, 3.05) is 25.4 Å². The fraction of sp³-hybridized carbons (Fsp3) is 0.375. The van der Waals surface area contributed by atoms with E-state index in [4.69, 9.17) is 0 Å². The molecular formula is C16H20BrN3S. The lowest BCUT2D eigenvalue weighted by Gasteiger charge is -2.16. The summed E-state index contributed by atoms with van der Waals surface area (Å²) in [6.45, 7) is 7.69. The molecule has 1 heterocycles. The highest BCUT2D eigenvalue weighted by Crippen LogP contribution is 2.21. The van der Waals surface area contributed by atoms with Gasteiger partial charge in [0, 0.05) is 22.3 Å². The molecule has 1 aromatic carbocycles. The van der Waals surface area contributed by atoms with Crippen LogP contribution in [0.15, 0.2) is 45.9 Å². The van der Waals surface area contributed by atoms with Crippen molar-refractivity contribution in [2.24, 2.45) is 0 Å². The van der Waals surface area contributed by atoms with Gasteiger partial charge in [-0.1, -0.05) is 41.9 Å². The first-order chi connectivity index (χ1) is 10.2. The van der Waals surface area contributed by atoms with Gasteiger partial charge in [0.15, 0.2) is 0 Å². The predicted molar refractivity (Wildman–Crippen MR) is 93.7 cm³/mol. The summed E-state index contributed by atoms with van der Waals surface area (Å²) in [6.07, 6.45) is 0. The minimum absolute atomic E-state index is 0.913. The summed E-state index contributed by atoms with van der Waals surface area (Å²) in [7, 11) is 0. The monoisotopic (exact) mass is 365 g/mol. The van der Waals surface area contributed by atoms with Gasteiger partial charge < -0.3 is 4.90 Å². The Morgan fingerprint density at radius 3 is 2.29 bits per heavy atom. The lowest BCUT2D eigenvalue weighted by Crippen LogP contribution is -2.25. The van der Waals surface area contributed by atoms with E-state index in [2.05, 4.69) is 50.9 Å². The first-order valence-corrected chi connectivity index (χ1v) is 8.95. The zero-order valence-corrected chi connectivity index (χ0v) is 14.8. The molecule has 0 aliphatic heterocycles. The van der Waals surface area contributed by atoms with Gasteiger partial charge in [-0.2, -0.15) is 0 Å². The van der Waals surface area contributed by atoms with Gasteiger partial charge in [-0.15, -0.1) is 22.0 Å². The van der Waals surface area contributed by atoms with Crippen molar-refractivity contribution in [3.8, 4) is 11.3 Å². The van der Waals surface area contributed by atoms with Crippen molar-refractivity contribution < 1.29 is 0 Å². The van der Waals surface area contributed by atoms with Crippen LogP contribution >= 0.6 is 27.7 Å². The topological polar surface area (TPSA) is 29.0 Å². The predicted octanol–water partition coefficient (Wildman–Crippen LogP) is 4.34. The van der Waals surface area contributed by atoms with Crippen LogP contribution in [0.4, 0.5) is 0 Å². The minimum Gasteiger partial charge on any atom is -0.303 e. The van der Waals surface area contributed by atoms with Crippen LogP contribution in [0.5, 0.6) is 0 Å². The highest BCUT2D eigenvalue weighted by atomic mass is 79.9. The van der Waals surface area contributed by atoms with E-state index < -0.39 is 0 Å². The van der Waals surface area contributed by atoms with Crippen LogP contribution in [0.2, 0.25) is 0 Å². The molecular weight excluding hydrogens is 346 g/mol. The zero-order chi connectivity index (χ0) is 15.1. The van der Waals surface area contributed by atoms with Crippen molar-refractivity contribution >= 4 is 27.7 Å². The fourth-order valence-corrected chi connectivity index (χ4v) is 3.08. The quantitative estimate of drug-likeness (QED) is 0.682. The molecule has 0 saturated carbocycles. The number of rotatable bonds is 7. The minimum atomic E-state index is 0.913. The Bertz CT molecular complexity index is 538. The lowest BCUT2D eigenvalue weighted by atomic mass is 10.1. The van der Waals surface area contributed by atoms with Gasteiger partial charge in [0.25, 0.3) is 0 Å². The molecule has 2 rings (SSSR count). The van der Waals surface area contributed by atoms with Gasteiger partial charge in [0.05, 0.1) is 5.69 Å². The molecule has 0 spiro atoms. The Kier molecular flexibility index (Phi) is 6.67. The SMILES string of the molecule is CCN(CC)CCSc1ccc(-c2ccc(Br)cc2)nn1. The first-order valence-electron chi connectivity index (χ1n) is 7.17. The second kappa shape index (κ2) is 8.51. The molecule has 3 nitrogen and oxygen atoms in total. The van der Waals surface area contributed by atoms with Crippen LogP contribution in [0.1, 0.15) is 13.8 Å². The van der Waals surface area contributed by atoms with Crippen LogP contribution in [0, 0.1) is 0 Å². The van der Waals surface area contributed by atoms with Crippen LogP contribution < -0.4 is 0 Å². The van der Waals surface area contributed by atoms with E-state index in [-0.39, 0.29) is 0 Å². The Labute approximate surface area is 139 Å². The van der Waals surface area contributed by atoms with Crippen molar-refractivity contribution in [1.29, 1.82) is 0 Å². The molecule has 0 amide bonds. The average Bonchev–Trinajstić information content (AvgIpc) is 2.53. The van der Waals surface area contributed by atoms with Crippen LogP contribution in [-0.2, 0) is 0 Å². The van der Waals surface area contributed by atoms with Gasteiger partial charge in [-0.05, 0) is 37.4 Å². The second-order valence-electron chi connectivity index (χ2n) is 4.64. The number of nitrogens with zero attached hydrogens (tertiary/aromatic N) is 3. The van der Waals surface area contributed by atoms with Gasteiger partial charge in [0.2, 0.25) is 0 Å². The molecule has 0 radical (unpaired) electrons. The first kappa shape index (κ1) is 16.5. The molecule has 1 aromatic heterocycles. The van der Waals surface area contributed by atoms with Crippen molar-refractivity contribution in [1.82, 2.24) is 15.1 Å². The number of hydrogen-bond acceptors (Lipinski definition) is 4. The molecule has 0 saturated heterocycles. The van der Waals surface area contributed by atoms with E-state index in [0.29, 0.717) is 0 Å². The summed E-state index contributed by atoms with van der Waals surface area (Å²) in [6, 6.07) is 12.2. The molecule has 0 aliphatic carbocycles. The van der Waals surface area contributed by atoms with Gasteiger partial charge in [-0.3, -0.25) is 0 Å². The van der Waals surface area contributed by atoms with Gasteiger partial charge >= 0.3 is 0 Å². The normalized spacial score (nSPS) is 11.0. The molecule has 0 unspecified atom stereocenters. The fourth-order valence-electron chi connectivity index (χ4n) is 1.99. The van der Waals surface area contributed by atoms with Crippen molar-refractivity contribution in [3.05, 3.63) is 40.9 Å². The number of halogens is 1. The highest BCUT2D eigenvalue weighted by molar-refractivity contribution is 9.10. The molecule has 5 heteroatoms. The number of aromatic nitrogens is 2.